The number of methoxy groups -OCH3 is 1. The smallest absolute Gasteiger partial charge is 0.183 e. The number of hydrogen-bond acceptors (Lipinski definition) is 3. The van der Waals surface area contributed by atoms with E-state index < -0.39 is 0 Å². The molecule has 102 valence electrons. The van der Waals surface area contributed by atoms with Crippen molar-refractivity contribution in [3.8, 4) is 5.75 Å². The molecule has 1 heterocycles. The summed E-state index contributed by atoms with van der Waals surface area (Å²) in [7, 11) is 1.64. The predicted octanol–water partition coefficient (Wildman–Crippen LogP) is 5.95. The van der Waals surface area contributed by atoms with Crippen LogP contribution in [-0.2, 0) is 6.54 Å². The van der Waals surface area contributed by atoms with Crippen LogP contribution in [-0.4, -0.2) is 7.11 Å². The van der Waals surface area contributed by atoms with Crippen molar-refractivity contribution in [2.45, 2.75) is 6.54 Å². The van der Waals surface area contributed by atoms with Gasteiger partial charge < -0.3 is 14.5 Å². The molecular formula is C12H9Br4NO2. The third-order valence-corrected chi connectivity index (χ3v) is 5.38. The fraction of sp³-hybridized carbons (Fsp3) is 0.167. The molecular weight excluding hydrogens is 510 g/mol. The molecule has 0 saturated carbocycles. The van der Waals surface area contributed by atoms with Gasteiger partial charge in [-0.15, -0.1) is 0 Å². The minimum atomic E-state index is 0.577. The molecule has 0 saturated heterocycles. The van der Waals surface area contributed by atoms with Gasteiger partial charge in [-0.05, 0) is 75.9 Å². The van der Waals surface area contributed by atoms with Crippen molar-refractivity contribution in [1.29, 1.82) is 0 Å². The number of furan rings is 1. The molecule has 0 aliphatic carbocycles. The molecule has 0 spiro atoms. The van der Waals surface area contributed by atoms with Crippen LogP contribution in [0.1, 0.15) is 5.76 Å². The summed E-state index contributed by atoms with van der Waals surface area (Å²) in [5.41, 5.74) is 0.934. The molecule has 2 rings (SSSR count). The van der Waals surface area contributed by atoms with Gasteiger partial charge in [-0.3, -0.25) is 0 Å². The van der Waals surface area contributed by atoms with Gasteiger partial charge in [-0.25, -0.2) is 0 Å². The molecule has 0 fully saturated rings. The fourth-order valence-electron chi connectivity index (χ4n) is 1.48. The van der Waals surface area contributed by atoms with Crippen molar-refractivity contribution in [3.63, 3.8) is 0 Å². The van der Waals surface area contributed by atoms with E-state index in [1.807, 2.05) is 18.2 Å². The third kappa shape index (κ3) is 3.77. The van der Waals surface area contributed by atoms with Gasteiger partial charge in [-0.2, -0.15) is 0 Å². The topological polar surface area (TPSA) is 34.4 Å². The van der Waals surface area contributed by atoms with Gasteiger partial charge in [0.1, 0.15) is 11.5 Å². The Kier molecular flexibility index (Phi) is 5.39. The molecule has 19 heavy (non-hydrogen) atoms. The van der Waals surface area contributed by atoms with E-state index >= 15 is 0 Å². The fourth-order valence-corrected chi connectivity index (χ4v) is 3.44. The molecule has 7 heteroatoms. The van der Waals surface area contributed by atoms with E-state index in [4.69, 9.17) is 9.15 Å². The summed E-state index contributed by atoms with van der Waals surface area (Å²) in [5.74, 6) is 1.60. The van der Waals surface area contributed by atoms with Crippen molar-refractivity contribution >= 4 is 69.4 Å². The molecule has 0 atom stereocenters. The first kappa shape index (κ1) is 15.4. The summed E-state index contributed by atoms with van der Waals surface area (Å²) in [6.07, 6.45) is 0. The first-order valence-electron chi connectivity index (χ1n) is 5.22. The highest BCUT2D eigenvalue weighted by molar-refractivity contribution is 9.13. The second kappa shape index (κ2) is 6.65. The molecule has 1 aromatic carbocycles. The van der Waals surface area contributed by atoms with Crippen molar-refractivity contribution < 1.29 is 9.15 Å². The van der Waals surface area contributed by atoms with Gasteiger partial charge in [0.25, 0.3) is 0 Å². The van der Waals surface area contributed by atoms with E-state index in [0.29, 0.717) is 11.2 Å². The Morgan fingerprint density at radius 2 is 1.79 bits per heavy atom. The lowest BCUT2D eigenvalue weighted by Crippen LogP contribution is -1.99. The molecule has 0 bridgehead atoms. The van der Waals surface area contributed by atoms with Crippen molar-refractivity contribution in [2.75, 3.05) is 12.4 Å². The van der Waals surface area contributed by atoms with Crippen LogP contribution in [0, 0.1) is 0 Å². The van der Waals surface area contributed by atoms with Crippen molar-refractivity contribution in [1.82, 2.24) is 0 Å². The minimum absolute atomic E-state index is 0.577. The number of halogens is 4. The zero-order valence-corrected chi connectivity index (χ0v) is 16.1. The van der Waals surface area contributed by atoms with Gasteiger partial charge in [0.15, 0.2) is 4.67 Å². The standard InChI is InChI=1S/C12H9Br4NO2/c1-18-11-4-10(7(13)3-8(11)14)17-5-6-2-9(15)12(16)19-6/h2-4,17H,5H2,1H3. The summed E-state index contributed by atoms with van der Waals surface area (Å²) in [6, 6.07) is 5.78. The van der Waals surface area contributed by atoms with Crippen LogP contribution in [0.25, 0.3) is 0 Å². The molecule has 0 aliphatic rings. The van der Waals surface area contributed by atoms with Crippen LogP contribution in [0.15, 0.2) is 40.7 Å². The van der Waals surface area contributed by atoms with Crippen LogP contribution in [0.5, 0.6) is 5.75 Å². The van der Waals surface area contributed by atoms with E-state index in [-0.39, 0.29) is 0 Å². The number of ether oxygens (including phenoxy) is 1. The van der Waals surface area contributed by atoms with Gasteiger partial charge in [0.05, 0.1) is 28.3 Å². The van der Waals surface area contributed by atoms with Crippen LogP contribution >= 0.6 is 63.7 Å². The second-order valence-electron chi connectivity index (χ2n) is 3.65. The molecule has 0 unspecified atom stereocenters. The molecule has 3 nitrogen and oxygen atoms in total. The quantitative estimate of drug-likeness (QED) is 0.543. The highest BCUT2D eigenvalue weighted by Gasteiger charge is 2.09. The lowest BCUT2D eigenvalue weighted by Gasteiger charge is -2.10. The normalized spacial score (nSPS) is 10.6. The maximum Gasteiger partial charge on any atom is 0.183 e. The summed E-state index contributed by atoms with van der Waals surface area (Å²) in [4.78, 5) is 0. The maximum atomic E-state index is 5.51. The van der Waals surface area contributed by atoms with Crippen molar-refractivity contribution in [2.24, 2.45) is 0 Å². The number of benzene rings is 1. The lowest BCUT2D eigenvalue weighted by atomic mass is 10.3. The Labute approximate surface area is 144 Å². The molecule has 0 aliphatic heterocycles. The zero-order chi connectivity index (χ0) is 14.0. The van der Waals surface area contributed by atoms with E-state index in [1.165, 1.54) is 0 Å². The summed E-state index contributed by atoms with van der Waals surface area (Å²) in [5, 5.41) is 3.29. The molecule has 0 amide bonds. The Hall–Kier alpha value is 0.0200. The van der Waals surface area contributed by atoms with Crippen LogP contribution in [0.2, 0.25) is 0 Å². The van der Waals surface area contributed by atoms with E-state index in [1.54, 1.807) is 7.11 Å². The Balaban J connectivity index is 2.15. The lowest BCUT2D eigenvalue weighted by molar-refractivity contribution is 0.412. The van der Waals surface area contributed by atoms with Crippen LogP contribution in [0.4, 0.5) is 5.69 Å². The molecule has 1 aromatic heterocycles. The number of rotatable bonds is 4. The van der Waals surface area contributed by atoms with E-state index in [0.717, 1.165) is 30.6 Å². The largest absolute Gasteiger partial charge is 0.495 e. The predicted molar refractivity (Wildman–Crippen MR) is 89.8 cm³/mol. The summed E-state index contributed by atoms with van der Waals surface area (Å²) >= 11 is 13.6. The number of nitrogens with one attached hydrogen (secondary N) is 1. The zero-order valence-electron chi connectivity index (χ0n) is 9.77. The third-order valence-electron chi connectivity index (χ3n) is 2.39. The van der Waals surface area contributed by atoms with Gasteiger partial charge in [0.2, 0.25) is 0 Å². The van der Waals surface area contributed by atoms with Crippen LogP contribution in [0.3, 0.4) is 0 Å². The monoisotopic (exact) mass is 515 g/mol. The summed E-state index contributed by atoms with van der Waals surface area (Å²) in [6.45, 7) is 0.577. The number of anilines is 1. The average molecular weight is 519 g/mol. The molecule has 0 radical (unpaired) electrons. The molecule has 1 N–H and O–H groups in total. The minimum Gasteiger partial charge on any atom is -0.495 e. The number of hydrogen-bond donors (Lipinski definition) is 1. The average Bonchev–Trinajstić information content (AvgIpc) is 2.68. The first-order chi connectivity index (χ1) is 9.01. The second-order valence-corrected chi connectivity index (χ2v) is 6.94. The van der Waals surface area contributed by atoms with Gasteiger partial charge >= 0.3 is 0 Å². The van der Waals surface area contributed by atoms with Crippen LogP contribution < -0.4 is 10.1 Å². The van der Waals surface area contributed by atoms with Gasteiger partial charge in [0, 0.05) is 10.5 Å². The van der Waals surface area contributed by atoms with Gasteiger partial charge in [-0.1, -0.05) is 0 Å². The van der Waals surface area contributed by atoms with E-state index in [9.17, 15) is 0 Å². The van der Waals surface area contributed by atoms with Crippen molar-refractivity contribution in [3.05, 3.63) is 42.0 Å². The molecule has 2 aromatic rings. The first-order valence-corrected chi connectivity index (χ1v) is 8.39. The maximum absolute atomic E-state index is 5.51. The Morgan fingerprint density at radius 3 is 2.37 bits per heavy atom. The highest BCUT2D eigenvalue weighted by Crippen LogP contribution is 2.35. The Bertz CT molecular complexity index is 578. The SMILES string of the molecule is COc1cc(NCc2cc(Br)c(Br)o2)c(Br)cc1Br. The highest BCUT2D eigenvalue weighted by atomic mass is 79.9. The Morgan fingerprint density at radius 1 is 1.05 bits per heavy atom. The summed E-state index contributed by atoms with van der Waals surface area (Å²) < 4.78 is 14.2. The van der Waals surface area contributed by atoms with E-state index in [2.05, 4.69) is 69.0 Å².